The van der Waals surface area contributed by atoms with Crippen LogP contribution in [0.1, 0.15) is 45.6 Å². The highest BCUT2D eigenvalue weighted by atomic mass is 32.1. The number of carbonyl (C=O) groups excluding carboxylic acids is 2. The number of nitrogens with zero attached hydrogens (tertiary/aromatic N) is 1. The summed E-state index contributed by atoms with van der Waals surface area (Å²) in [6.45, 7) is 3.83. The molecule has 0 radical (unpaired) electrons. The first-order chi connectivity index (χ1) is 14.5. The second-order valence-electron chi connectivity index (χ2n) is 7.51. The Labute approximate surface area is 179 Å². The van der Waals surface area contributed by atoms with Gasteiger partial charge in [-0.1, -0.05) is 42.5 Å². The van der Waals surface area contributed by atoms with E-state index < -0.39 is 0 Å². The van der Waals surface area contributed by atoms with E-state index in [0.29, 0.717) is 17.0 Å². The van der Waals surface area contributed by atoms with E-state index in [9.17, 15) is 9.59 Å². The highest BCUT2D eigenvalue weighted by molar-refractivity contribution is 7.10. The van der Waals surface area contributed by atoms with Gasteiger partial charge in [0.15, 0.2) is 0 Å². The van der Waals surface area contributed by atoms with Crippen LogP contribution < -0.4 is 10.7 Å². The van der Waals surface area contributed by atoms with Crippen LogP contribution in [0.4, 0.5) is 5.69 Å². The van der Waals surface area contributed by atoms with Crippen LogP contribution in [0.3, 0.4) is 0 Å². The first-order valence-corrected chi connectivity index (χ1v) is 10.8. The molecular weight excluding hydrogens is 394 g/mol. The lowest BCUT2D eigenvalue weighted by Gasteiger charge is -2.06. The van der Waals surface area contributed by atoms with Gasteiger partial charge in [0.05, 0.1) is 11.3 Å². The predicted octanol–water partition coefficient (Wildman–Crippen LogP) is 4.95. The Morgan fingerprint density at radius 1 is 1.03 bits per heavy atom. The van der Waals surface area contributed by atoms with Gasteiger partial charge in [0.25, 0.3) is 5.91 Å². The Balaban J connectivity index is 1.32. The molecule has 0 spiro atoms. The number of amides is 2. The number of nitrogens with one attached hydrogen (secondary N) is 2. The van der Waals surface area contributed by atoms with Crippen molar-refractivity contribution in [1.82, 2.24) is 5.43 Å². The summed E-state index contributed by atoms with van der Waals surface area (Å²) in [6, 6.07) is 19.4. The molecule has 1 aromatic heterocycles. The molecule has 3 aromatic rings. The first kappa shape index (κ1) is 20.0. The number of aryl methyl sites for hydroxylation is 1. The molecule has 1 fully saturated rings. The molecule has 1 heterocycles. The lowest BCUT2D eigenvalue weighted by Crippen LogP contribution is -2.21. The van der Waals surface area contributed by atoms with Crippen molar-refractivity contribution in [1.29, 1.82) is 0 Å². The number of carbonyl (C=O) groups is 2. The number of benzene rings is 2. The van der Waals surface area contributed by atoms with E-state index in [-0.39, 0.29) is 23.7 Å². The van der Waals surface area contributed by atoms with Gasteiger partial charge in [-0.05, 0) is 55.5 Å². The number of hydrogen-bond donors (Lipinski definition) is 2. The van der Waals surface area contributed by atoms with Crippen LogP contribution in [0, 0.1) is 12.8 Å². The summed E-state index contributed by atoms with van der Waals surface area (Å²) in [5, 5.41) is 8.99. The van der Waals surface area contributed by atoms with Gasteiger partial charge in [-0.2, -0.15) is 5.10 Å². The Morgan fingerprint density at radius 2 is 1.77 bits per heavy atom. The molecular formula is C24H23N3O2S. The van der Waals surface area contributed by atoms with Crippen LogP contribution in [0.15, 0.2) is 71.1 Å². The van der Waals surface area contributed by atoms with E-state index in [4.69, 9.17) is 0 Å². The van der Waals surface area contributed by atoms with Gasteiger partial charge in [0.2, 0.25) is 5.91 Å². The Bertz CT molecular complexity index is 1090. The van der Waals surface area contributed by atoms with Gasteiger partial charge in [-0.25, -0.2) is 5.43 Å². The third kappa shape index (κ3) is 4.66. The first-order valence-electron chi connectivity index (χ1n) is 9.87. The highest BCUT2D eigenvalue weighted by Crippen LogP contribution is 2.47. The van der Waals surface area contributed by atoms with Crippen molar-refractivity contribution < 1.29 is 9.59 Å². The van der Waals surface area contributed by atoms with Gasteiger partial charge < -0.3 is 5.32 Å². The molecule has 2 amide bonds. The van der Waals surface area contributed by atoms with Crippen molar-refractivity contribution in [2.45, 2.75) is 26.2 Å². The van der Waals surface area contributed by atoms with Gasteiger partial charge in [0, 0.05) is 21.9 Å². The minimum Gasteiger partial charge on any atom is -0.322 e. The fourth-order valence-corrected chi connectivity index (χ4v) is 4.08. The predicted molar refractivity (Wildman–Crippen MR) is 121 cm³/mol. The average Bonchev–Trinajstić information content (AvgIpc) is 3.46. The molecule has 152 valence electrons. The fraction of sp³-hybridized carbons (Fsp3) is 0.208. The van der Waals surface area contributed by atoms with Crippen LogP contribution >= 0.6 is 11.3 Å². The third-order valence-electron chi connectivity index (χ3n) is 5.24. The summed E-state index contributed by atoms with van der Waals surface area (Å²) in [5.74, 6) is 0.110. The molecule has 5 nitrogen and oxygen atoms in total. The summed E-state index contributed by atoms with van der Waals surface area (Å²) in [7, 11) is 0. The molecule has 30 heavy (non-hydrogen) atoms. The van der Waals surface area contributed by atoms with Crippen LogP contribution in [-0.2, 0) is 4.79 Å². The molecule has 6 heteroatoms. The van der Waals surface area contributed by atoms with Gasteiger partial charge >= 0.3 is 0 Å². The van der Waals surface area contributed by atoms with Crippen LogP contribution in [0.25, 0.3) is 0 Å². The lowest BCUT2D eigenvalue weighted by molar-refractivity contribution is -0.122. The Hall–Kier alpha value is -3.25. The standard InChI is InChI=1S/C24H23N3O2S/c1-15-12-19(14-30-15)23(28)25-20-10-8-17(9-11-20)16(2)26-27-24(29)22-13-21(22)18-6-4-3-5-7-18/h3-12,14,21-22H,13H2,1-2H3,(H,25,28)(H,27,29). The maximum Gasteiger partial charge on any atom is 0.256 e. The number of anilines is 1. The summed E-state index contributed by atoms with van der Waals surface area (Å²) >= 11 is 1.55. The van der Waals surface area contributed by atoms with E-state index >= 15 is 0 Å². The molecule has 2 aromatic carbocycles. The van der Waals surface area contributed by atoms with E-state index in [1.165, 1.54) is 5.56 Å². The van der Waals surface area contributed by atoms with E-state index in [0.717, 1.165) is 16.9 Å². The summed E-state index contributed by atoms with van der Waals surface area (Å²) in [6.07, 6.45) is 0.864. The van der Waals surface area contributed by atoms with Crippen LogP contribution in [0.2, 0.25) is 0 Å². The zero-order valence-corrected chi connectivity index (χ0v) is 17.7. The minimum atomic E-state index is -0.123. The smallest absolute Gasteiger partial charge is 0.256 e. The molecule has 1 saturated carbocycles. The molecule has 1 aliphatic carbocycles. The molecule has 4 rings (SSSR count). The lowest BCUT2D eigenvalue weighted by atomic mass is 10.1. The van der Waals surface area contributed by atoms with Gasteiger partial charge in [0.1, 0.15) is 0 Å². The van der Waals surface area contributed by atoms with Crippen molar-refractivity contribution in [3.05, 3.63) is 87.6 Å². The second-order valence-corrected chi connectivity index (χ2v) is 8.63. The van der Waals surface area contributed by atoms with Crippen molar-refractivity contribution in [2.75, 3.05) is 5.32 Å². The molecule has 2 atom stereocenters. The maximum absolute atomic E-state index is 12.4. The van der Waals surface area contributed by atoms with Crippen LogP contribution in [-0.4, -0.2) is 17.5 Å². The zero-order valence-electron chi connectivity index (χ0n) is 16.9. The molecule has 2 unspecified atom stereocenters. The number of thiophene rings is 1. The summed E-state index contributed by atoms with van der Waals surface area (Å²) in [4.78, 5) is 25.7. The van der Waals surface area contributed by atoms with E-state index in [1.807, 2.05) is 67.8 Å². The van der Waals surface area contributed by atoms with Crippen molar-refractivity contribution in [3.8, 4) is 0 Å². The SMILES string of the molecule is CC(=NNC(=O)C1CC1c1ccccc1)c1ccc(NC(=O)c2csc(C)c2)cc1. The quantitative estimate of drug-likeness (QED) is 0.440. The molecule has 1 aliphatic rings. The Morgan fingerprint density at radius 3 is 2.43 bits per heavy atom. The normalized spacial score (nSPS) is 18.0. The number of rotatable bonds is 6. The van der Waals surface area contributed by atoms with E-state index in [1.54, 1.807) is 11.3 Å². The second kappa shape index (κ2) is 8.63. The summed E-state index contributed by atoms with van der Waals surface area (Å²) in [5.41, 5.74) is 6.87. The monoisotopic (exact) mass is 417 g/mol. The average molecular weight is 418 g/mol. The van der Waals surface area contributed by atoms with Crippen molar-refractivity contribution >= 4 is 34.6 Å². The largest absolute Gasteiger partial charge is 0.322 e. The number of hydrogen-bond acceptors (Lipinski definition) is 4. The number of hydrazone groups is 1. The molecule has 0 bridgehead atoms. The third-order valence-corrected chi connectivity index (χ3v) is 6.10. The summed E-state index contributed by atoms with van der Waals surface area (Å²) < 4.78 is 0. The fourth-order valence-electron chi connectivity index (χ4n) is 3.40. The zero-order chi connectivity index (χ0) is 21.1. The van der Waals surface area contributed by atoms with Gasteiger partial charge in [-0.15, -0.1) is 11.3 Å². The van der Waals surface area contributed by atoms with Crippen LogP contribution in [0.5, 0.6) is 0 Å². The van der Waals surface area contributed by atoms with Crippen molar-refractivity contribution in [3.63, 3.8) is 0 Å². The minimum absolute atomic E-state index is 0.0118. The highest BCUT2D eigenvalue weighted by Gasteiger charge is 2.43. The molecule has 2 N–H and O–H groups in total. The Kier molecular flexibility index (Phi) is 5.77. The topological polar surface area (TPSA) is 70.6 Å². The van der Waals surface area contributed by atoms with Crippen molar-refractivity contribution in [2.24, 2.45) is 11.0 Å². The maximum atomic E-state index is 12.4. The van der Waals surface area contributed by atoms with Gasteiger partial charge in [-0.3, -0.25) is 9.59 Å². The van der Waals surface area contributed by atoms with E-state index in [2.05, 4.69) is 28.0 Å². The molecule has 0 saturated heterocycles. The molecule has 0 aliphatic heterocycles.